The fourth-order valence-corrected chi connectivity index (χ4v) is 5.61. The summed E-state index contributed by atoms with van der Waals surface area (Å²) < 4.78 is 13.0. The molecule has 3 atom stereocenters. The van der Waals surface area contributed by atoms with Gasteiger partial charge in [0.1, 0.15) is 5.82 Å². The molecule has 7 heteroatoms. The molecule has 3 aliphatic rings. The van der Waals surface area contributed by atoms with Gasteiger partial charge >= 0.3 is 0 Å². The Morgan fingerprint density at radius 3 is 2.57 bits per heavy atom. The second kappa shape index (κ2) is 6.79. The normalized spacial score (nSPS) is 33.6. The minimum atomic E-state index is -0.538. The van der Waals surface area contributed by atoms with E-state index in [9.17, 15) is 14.0 Å². The molecule has 1 amide bonds. The summed E-state index contributed by atoms with van der Waals surface area (Å²) in [5, 5.41) is 11.4. The summed E-state index contributed by atoms with van der Waals surface area (Å²) in [4.78, 5) is 24.6. The average Bonchev–Trinajstić information content (AvgIpc) is 3.17. The third-order valence-corrected chi connectivity index (χ3v) is 8.16. The molecule has 4 rings (SSSR count). The SMILES string of the molecule is CC12CCC(C/C1=N/N=C1\NC(=O)C(CC(=O)c3ccc(F)cc3)S1)C2(C)C. The number of halogens is 1. The Morgan fingerprint density at radius 2 is 1.96 bits per heavy atom. The van der Waals surface area contributed by atoms with Gasteiger partial charge in [0.15, 0.2) is 11.0 Å². The Hall–Kier alpha value is -2.02. The van der Waals surface area contributed by atoms with Crippen LogP contribution in [0.3, 0.4) is 0 Å². The summed E-state index contributed by atoms with van der Waals surface area (Å²) >= 11 is 1.23. The highest BCUT2D eigenvalue weighted by molar-refractivity contribution is 8.15. The number of Topliss-reactive ketones (excluding diaryl/α,β-unsaturated/α-hetero) is 1. The van der Waals surface area contributed by atoms with E-state index in [1.54, 1.807) is 0 Å². The maximum absolute atomic E-state index is 13.0. The summed E-state index contributed by atoms with van der Waals surface area (Å²) in [6, 6.07) is 5.37. The van der Waals surface area contributed by atoms with Crippen molar-refractivity contribution in [3.63, 3.8) is 0 Å². The molecular weight excluding hydrogens is 377 g/mol. The van der Waals surface area contributed by atoms with Crippen LogP contribution in [0.1, 0.15) is 56.8 Å². The lowest BCUT2D eigenvalue weighted by Crippen LogP contribution is -2.32. The van der Waals surface area contributed by atoms with E-state index in [-0.39, 0.29) is 28.9 Å². The fraction of sp³-hybridized carbons (Fsp3) is 0.524. The number of carbonyl (C=O) groups is 2. The molecule has 3 fully saturated rings. The number of hydrogen-bond acceptors (Lipinski definition) is 5. The molecule has 2 aliphatic carbocycles. The molecule has 3 unspecified atom stereocenters. The average molecular weight is 402 g/mol. The van der Waals surface area contributed by atoms with Gasteiger partial charge in [-0.1, -0.05) is 32.5 Å². The number of thioether (sulfide) groups is 1. The van der Waals surface area contributed by atoms with Crippen LogP contribution >= 0.6 is 11.8 Å². The topological polar surface area (TPSA) is 70.9 Å². The van der Waals surface area contributed by atoms with Crippen LogP contribution in [0.2, 0.25) is 0 Å². The predicted octanol–water partition coefficient (Wildman–Crippen LogP) is 4.19. The highest BCUT2D eigenvalue weighted by Crippen LogP contribution is 2.64. The van der Waals surface area contributed by atoms with Gasteiger partial charge < -0.3 is 5.32 Å². The smallest absolute Gasteiger partial charge is 0.240 e. The number of amidine groups is 1. The molecule has 1 heterocycles. The second-order valence-electron chi connectivity index (χ2n) is 8.68. The van der Waals surface area contributed by atoms with E-state index in [4.69, 9.17) is 0 Å². The van der Waals surface area contributed by atoms with Crippen LogP contribution in [0, 0.1) is 22.6 Å². The minimum Gasteiger partial charge on any atom is -0.303 e. The van der Waals surface area contributed by atoms with Crippen molar-refractivity contribution in [1.82, 2.24) is 5.32 Å². The first-order valence-electron chi connectivity index (χ1n) is 9.62. The minimum absolute atomic E-state index is 0.0462. The van der Waals surface area contributed by atoms with E-state index < -0.39 is 11.1 Å². The predicted molar refractivity (Wildman–Crippen MR) is 109 cm³/mol. The van der Waals surface area contributed by atoms with Gasteiger partial charge in [0.2, 0.25) is 5.91 Å². The van der Waals surface area contributed by atoms with Crippen molar-refractivity contribution in [3.8, 4) is 0 Å². The van der Waals surface area contributed by atoms with Gasteiger partial charge in [-0.2, -0.15) is 5.10 Å². The number of ketones is 1. The molecule has 1 aromatic rings. The van der Waals surface area contributed by atoms with E-state index in [0.717, 1.165) is 18.6 Å². The first-order valence-corrected chi connectivity index (χ1v) is 10.5. The summed E-state index contributed by atoms with van der Waals surface area (Å²) in [6.45, 7) is 6.89. The zero-order valence-electron chi connectivity index (χ0n) is 16.3. The Bertz CT molecular complexity index is 893. The molecule has 0 spiro atoms. The van der Waals surface area contributed by atoms with Crippen molar-refractivity contribution >= 4 is 34.3 Å². The number of carbonyl (C=O) groups excluding carboxylic acids is 2. The fourth-order valence-electron chi connectivity index (χ4n) is 4.69. The van der Waals surface area contributed by atoms with Crippen LogP contribution in [-0.4, -0.2) is 27.8 Å². The van der Waals surface area contributed by atoms with Crippen molar-refractivity contribution in [2.45, 2.75) is 51.7 Å². The molecular formula is C21H24FN3O2S. The van der Waals surface area contributed by atoms with Gasteiger partial charge in [-0.15, -0.1) is 5.10 Å². The van der Waals surface area contributed by atoms with E-state index >= 15 is 0 Å². The van der Waals surface area contributed by atoms with Crippen molar-refractivity contribution in [3.05, 3.63) is 35.6 Å². The molecule has 2 saturated carbocycles. The Kier molecular flexibility index (Phi) is 4.68. The molecule has 0 radical (unpaired) electrons. The standard InChI is InChI=1S/C21H24FN3O2S/c1-20(2)13-8-9-21(20,3)17(10-13)24-25-19-23-18(27)16(28-19)11-15(26)12-4-6-14(22)7-5-12/h4-7,13,16H,8-11H2,1-3H3,(H,23,25,27)/b24-17-. The number of nitrogens with one attached hydrogen (secondary N) is 1. The molecule has 2 bridgehead atoms. The molecule has 0 aromatic heterocycles. The van der Waals surface area contributed by atoms with E-state index in [2.05, 4.69) is 36.3 Å². The lowest BCUT2D eigenvalue weighted by atomic mass is 9.70. The number of benzene rings is 1. The zero-order chi connectivity index (χ0) is 20.1. The number of amides is 1. The van der Waals surface area contributed by atoms with E-state index in [1.807, 2.05) is 0 Å². The number of fused-ring (bicyclic) bond motifs is 2. The Morgan fingerprint density at radius 1 is 1.25 bits per heavy atom. The number of nitrogens with zero attached hydrogens (tertiary/aromatic N) is 2. The molecule has 28 heavy (non-hydrogen) atoms. The molecule has 1 saturated heterocycles. The van der Waals surface area contributed by atoms with Crippen molar-refractivity contribution in [1.29, 1.82) is 0 Å². The van der Waals surface area contributed by atoms with E-state index in [0.29, 0.717) is 16.6 Å². The third-order valence-electron chi connectivity index (χ3n) is 7.09. The molecule has 148 valence electrons. The monoisotopic (exact) mass is 401 g/mol. The van der Waals surface area contributed by atoms with Crippen molar-refractivity contribution < 1.29 is 14.0 Å². The molecule has 5 nitrogen and oxygen atoms in total. The van der Waals surface area contributed by atoms with E-state index in [1.165, 1.54) is 42.4 Å². The summed E-state index contributed by atoms with van der Waals surface area (Å²) in [5.41, 5.74) is 1.80. The van der Waals surface area contributed by atoms with Crippen LogP contribution < -0.4 is 5.32 Å². The summed E-state index contributed by atoms with van der Waals surface area (Å²) in [5.74, 6) is -0.180. The highest BCUT2D eigenvalue weighted by atomic mass is 32.2. The van der Waals surface area contributed by atoms with Crippen LogP contribution in [0.5, 0.6) is 0 Å². The Labute approximate surface area is 168 Å². The maximum Gasteiger partial charge on any atom is 0.240 e. The largest absolute Gasteiger partial charge is 0.303 e. The molecule has 1 aromatic carbocycles. The van der Waals surface area contributed by atoms with Crippen LogP contribution in [-0.2, 0) is 4.79 Å². The second-order valence-corrected chi connectivity index (χ2v) is 9.87. The Balaban J connectivity index is 1.44. The number of rotatable bonds is 4. The van der Waals surface area contributed by atoms with Crippen molar-refractivity contribution in [2.24, 2.45) is 27.0 Å². The van der Waals surface area contributed by atoms with Crippen LogP contribution in [0.15, 0.2) is 34.5 Å². The lowest BCUT2D eigenvalue weighted by molar-refractivity contribution is -0.118. The van der Waals surface area contributed by atoms with Crippen LogP contribution in [0.4, 0.5) is 4.39 Å². The van der Waals surface area contributed by atoms with Gasteiger partial charge in [0.05, 0.1) is 5.25 Å². The molecule has 1 N–H and O–H groups in total. The van der Waals surface area contributed by atoms with Gasteiger partial charge in [0, 0.05) is 23.1 Å². The quantitative estimate of drug-likeness (QED) is 0.607. The van der Waals surface area contributed by atoms with Gasteiger partial charge in [0.25, 0.3) is 0 Å². The molecule has 1 aliphatic heterocycles. The zero-order valence-corrected chi connectivity index (χ0v) is 17.1. The summed E-state index contributed by atoms with van der Waals surface area (Å²) in [6.07, 6.45) is 3.37. The third kappa shape index (κ3) is 3.09. The first kappa shape index (κ1) is 19.3. The number of hydrogen-bond donors (Lipinski definition) is 1. The highest BCUT2D eigenvalue weighted by Gasteiger charge is 2.60. The lowest BCUT2D eigenvalue weighted by Gasteiger charge is -2.34. The summed E-state index contributed by atoms with van der Waals surface area (Å²) in [7, 11) is 0. The van der Waals surface area contributed by atoms with Gasteiger partial charge in [-0.25, -0.2) is 4.39 Å². The van der Waals surface area contributed by atoms with Crippen molar-refractivity contribution in [2.75, 3.05) is 0 Å². The first-order chi connectivity index (χ1) is 13.2. The maximum atomic E-state index is 13.0. The van der Waals surface area contributed by atoms with Gasteiger partial charge in [-0.05, 0) is 54.9 Å². The van der Waals surface area contributed by atoms with Crippen LogP contribution in [0.25, 0.3) is 0 Å². The van der Waals surface area contributed by atoms with Gasteiger partial charge in [-0.3, -0.25) is 9.59 Å².